The molecule has 5 nitrogen and oxygen atoms in total. The minimum absolute atomic E-state index is 0.394. The van der Waals surface area contributed by atoms with E-state index >= 15 is 0 Å². The van der Waals surface area contributed by atoms with Crippen LogP contribution in [0.4, 0.5) is 0 Å². The molecule has 4 rings (SSSR count). The van der Waals surface area contributed by atoms with Crippen molar-refractivity contribution in [1.82, 2.24) is 4.90 Å². The van der Waals surface area contributed by atoms with Crippen LogP contribution in [0.15, 0.2) is 24.3 Å². The number of aliphatic carboxylic acids is 1. The lowest BCUT2D eigenvalue weighted by molar-refractivity contribution is -0.309. The number of carbonyl (C=O) groups excluding carboxylic acids is 3. The number of hydrogen-bond donors (Lipinski definition) is 0. The standard InChI is InChI=1S/C17H13NO4/c1-8(17(21)22)18-15(19)11-6-4-9-2-3-10-5-7-12(16(18)20)14(11)13(9)10/h4-8H,2-3H2,1H3,(H,21,22)/p-1/t8-/m0/s1. The van der Waals surface area contributed by atoms with Crippen LogP contribution in [0.2, 0.25) is 0 Å². The molecule has 0 saturated carbocycles. The molecule has 1 atom stereocenters. The van der Waals surface area contributed by atoms with Gasteiger partial charge in [0.05, 0.1) is 12.0 Å². The Morgan fingerprint density at radius 3 is 1.95 bits per heavy atom. The maximum atomic E-state index is 12.6. The summed E-state index contributed by atoms with van der Waals surface area (Å²) >= 11 is 0. The fourth-order valence-electron chi connectivity index (χ4n) is 3.49. The molecule has 0 radical (unpaired) electrons. The van der Waals surface area contributed by atoms with Crippen LogP contribution in [0.5, 0.6) is 0 Å². The van der Waals surface area contributed by atoms with E-state index in [4.69, 9.17) is 0 Å². The summed E-state index contributed by atoms with van der Waals surface area (Å²) in [5.41, 5.74) is 3.06. The van der Waals surface area contributed by atoms with Crippen LogP contribution in [0.25, 0.3) is 10.8 Å². The van der Waals surface area contributed by atoms with E-state index in [9.17, 15) is 19.5 Å². The van der Waals surface area contributed by atoms with Crippen LogP contribution >= 0.6 is 0 Å². The summed E-state index contributed by atoms with van der Waals surface area (Å²) in [4.78, 5) is 37.1. The third-order valence-electron chi connectivity index (χ3n) is 4.62. The predicted molar refractivity (Wildman–Crippen MR) is 76.3 cm³/mol. The average molecular weight is 294 g/mol. The molecule has 1 aliphatic heterocycles. The Bertz CT molecular complexity index is 825. The van der Waals surface area contributed by atoms with Crippen molar-refractivity contribution in [3.8, 4) is 0 Å². The molecule has 0 bridgehead atoms. The Morgan fingerprint density at radius 2 is 1.50 bits per heavy atom. The highest BCUT2D eigenvalue weighted by Crippen LogP contribution is 2.38. The molecule has 0 N–H and O–H groups in total. The van der Waals surface area contributed by atoms with Gasteiger partial charge in [-0.3, -0.25) is 14.5 Å². The van der Waals surface area contributed by atoms with Gasteiger partial charge in [-0.15, -0.1) is 0 Å². The van der Waals surface area contributed by atoms with E-state index in [2.05, 4.69) is 0 Å². The van der Waals surface area contributed by atoms with Crippen LogP contribution in [-0.4, -0.2) is 28.7 Å². The third kappa shape index (κ3) is 1.45. The molecule has 2 aromatic carbocycles. The summed E-state index contributed by atoms with van der Waals surface area (Å²) in [5, 5.41) is 12.8. The molecule has 2 aliphatic rings. The van der Waals surface area contributed by atoms with Crippen molar-refractivity contribution in [2.75, 3.05) is 0 Å². The number of amides is 2. The Morgan fingerprint density at radius 1 is 1.00 bits per heavy atom. The topological polar surface area (TPSA) is 77.5 Å². The van der Waals surface area contributed by atoms with Gasteiger partial charge in [-0.05, 0) is 48.4 Å². The van der Waals surface area contributed by atoms with E-state index in [0.717, 1.165) is 34.3 Å². The largest absolute Gasteiger partial charge is 0.548 e. The first-order valence-electron chi connectivity index (χ1n) is 7.17. The third-order valence-corrected chi connectivity index (χ3v) is 4.62. The summed E-state index contributed by atoms with van der Waals surface area (Å²) in [6.45, 7) is 1.29. The second kappa shape index (κ2) is 4.16. The van der Waals surface area contributed by atoms with Gasteiger partial charge < -0.3 is 9.90 Å². The molecule has 22 heavy (non-hydrogen) atoms. The van der Waals surface area contributed by atoms with Crippen LogP contribution < -0.4 is 5.11 Å². The van der Waals surface area contributed by atoms with Gasteiger partial charge in [0, 0.05) is 16.5 Å². The quantitative estimate of drug-likeness (QED) is 0.763. The number of rotatable bonds is 2. The zero-order valence-electron chi connectivity index (χ0n) is 11.9. The Hall–Kier alpha value is -2.69. The second-order valence-electron chi connectivity index (χ2n) is 5.77. The molecule has 2 aromatic rings. The molecule has 1 heterocycles. The van der Waals surface area contributed by atoms with E-state index < -0.39 is 23.8 Å². The summed E-state index contributed by atoms with van der Waals surface area (Å²) in [5.74, 6) is -2.58. The minimum atomic E-state index is -1.45. The predicted octanol–water partition coefficient (Wildman–Crippen LogP) is 0.673. The first-order chi connectivity index (χ1) is 10.5. The monoisotopic (exact) mass is 294 g/mol. The molecule has 110 valence electrons. The van der Waals surface area contributed by atoms with Crippen molar-refractivity contribution in [3.63, 3.8) is 0 Å². The van der Waals surface area contributed by atoms with Crippen molar-refractivity contribution in [2.24, 2.45) is 0 Å². The highest BCUT2D eigenvalue weighted by molar-refractivity contribution is 6.27. The molecule has 0 spiro atoms. The van der Waals surface area contributed by atoms with Gasteiger partial charge in [-0.1, -0.05) is 12.1 Å². The van der Waals surface area contributed by atoms with Crippen LogP contribution in [0, 0.1) is 0 Å². The smallest absolute Gasteiger partial charge is 0.262 e. The number of imide groups is 1. The van der Waals surface area contributed by atoms with Gasteiger partial charge >= 0.3 is 0 Å². The molecular weight excluding hydrogens is 282 g/mol. The maximum absolute atomic E-state index is 12.6. The second-order valence-corrected chi connectivity index (χ2v) is 5.77. The number of nitrogens with zero attached hydrogens (tertiary/aromatic N) is 1. The normalized spacial score (nSPS) is 17.2. The van der Waals surface area contributed by atoms with E-state index in [0.29, 0.717) is 16.5 Å². The first-order valence-corrected chi connectivity index (χ1v) is 7.17. The average Bonchev–Trinajstić information content (AvgIpc) is 2.92. The van der Waals surface area contributed by atoms with Crippen LogP contribution in [0.3, 0.4) is 0 Å². The van der Waals surface area contributed by atoms with Gasteiger partial charge in [-0.2, -0.15) is 0 Å². The van der Waals surface area contributed by atoms with Gasteiger partial charge in [0.25, 0.3) is 11.8 Å². The number of carboxylic acid groups (broad SMARTS) is 1. The first kappa shape index (κ1) is 13.0. The molecule has 1 aliphatic carbocycles. The lowest BCUT2D eigenvalue weighted by Crippen LogP contribution is -2.53. The van der Waals surface area contributed by atoms with Crippen molar-refractivity contribution in [3.05, 3.63) is 46.5 Å². The summed E-state index contributed by atoms with van der Waals surface area (Å²) in [7, 11) is 0. The van der Waals surface area contributed by atoms with Gasteiger partial charge in [0.1, 0.15) is 0 Å². The fourth-order valence-corrected chi connectivity index (χ4v) is 3.49. The Kier molecular flexibility index (Phi) is 2.46. The summed E-state index contributed by atoms with van der Waals surface area (Å²) < 4.78 is 0. The van der Waals surface area contributed by atoms with Crippen molar-refractivity contribution in [2.45, 2.75) is 25.8 Å². The molecule has 2 amide bonds. The lowest BCUT2D eigenvalue weighted by atomic mass is 9.90. The molecule has 0 aromatic heterocycles. The highest BCUT2D eigenvalue weighted by atomic mass is 16.4. The molecule has 5 heteroatoms. The Balaban J connectivity index is 2.03. The molecular formula is C17H12NO4-. The SMILES string of the molecule is C[C@@H](C(=O)[O-])N1C(=O)c2ccc3c4c(ccc(c24)C1=O)CC3. The van der Waals surface area contributed by atoms with E-state index in [1.54, 1.807) is 12.1 Å². The molecule has 0 fully saturated rings. The lowest BCUT2D eigenvalue weighted by Gasteiger charge is -2.32. The van der Waals surface area contributed by atoms with E-state index in [1.807, 2.05) is 12.1 Å². The molecule has 0 unspecified atom stereocenters. The van der Waals surface area contributed by atoms with Gasteiger partial charge in [0.15, 0.2) is 0 Å². The summed E-state index contributed by atoms with van der Waals surface area (Å²) in [6.07, 6.45) is 1.80. The van der Waals surface area contributed by atoms with Crippen LogP contribution in [-0.2, 0) is 17.6 Å². The van der Waals surface area contributed by atoms with E-state index in [-0.39, 0.29) is 0 Å². The minimum Gasteiger partial charge on any atom is -0.548 e. The van der Waals surface area contributed by atoms with Crippen LogP contribution in [0.1, 0.15) is 38.8 Å². The fraction of sp³-hybridized carbons (Fsp3) is 0.235. The number of benzene rings is 2. The number of carbonyl (C=O) groups is 3. The number of carboxylic acids is 1. The van der Waals surface area contributed by atoms with Gasteiger partial charge in [-0.25, -0.2) is 0 Å². The van der Waals surface area contributed by atoms with Crippen molar-refractivity contribution < 1.29 is 19.5 Å². The zero-order chi connectivity index (χ0) is 15.6. The van der Waals surface area contributed by atoms with Crippen molar-refractivity contribution in [1.29, 1.82) is 0 Å². The van der Waals surface area contributed by atoms with Crippen molar-refractivity contribution >= 4 is 28.6 Å². The van der Waals surface area contributed by atoms with E-state index in [1.165, 1.54) is 6.92 Å². The maximum Gasteiger partial charge on any atom is 0.262 e. The van der Waals surface area contributed by atoms with Gasteiger partial charge in [0.2, 0.25) is 0 Å². The Labute approximate surface area is 126 Å². The highest BCUT2D eigenvalue weighted by Gasteiger charge is 2.37. The summed E-state index contributed by atoms with van der Waals surface area (Å²) in [6, 6.07) is 5.88. The molecule has 0 saturated heterocycles. The number of aryl methyl sites for hydroxylation is 2. The number of hydrogen-bond acceptors (Lipinski definition) is 4. The zero-order valence-corrected chi connectivity index (χ0v) is 11.9.